The fourth-order valence-electron chi connectivity index (χ4n) is 3.65. The number of ether oxygens (including phenoxy) is 2. The van der Waals surface area contributed by atoms with Crippen LogP contribution >= 0.6 is 0 Å². The first-order valence-electron chi connectivity index (χ1n) is 8.91. The fourth-order valence-corrected chi connectivity index (χ4v) is 3.65. The van der Waals surface area contributed by atoms with Gasteiger partial charge in [-0.25, -0.2) is 4.79 Å². The highest BCUT2D eigenvalue weighted by Crippen LogP contribution is 2.37. The second kappa shape index (κ2) is 8.10. The lowest BCUT2D eigenvalue weighted by atomic mass is 9.74. The number of hydrogen-bond donors (Lipinski definition) is 2. The number of nitriles is 1. The van der Waals surface area contributed by atoms with E-state index in [0.29, 0.717) is 17.1 Å². The molecule has 0 aromatic heterocycles. The van der Waals surface area contributed by atoms with Crippen LogP contribution in [0.15, 0.2) is 48.5 Å². The van der Waals surface area contributed by atoms with Gasteiger partial charge < -0.3 is 24.8 Å². The predicted octanol–water partition coefficient (Wildman–Crippen LogP) is 2.19. The van der Waals surface area contributed by atoms with Gasteiger partial charge in [0.2, 0.25) is 0 Å². The molecule has 2 atom stereocenters. The standard InChI is InChI=1S/C21H21N3O5/c1-28-16-9-8-15(17(10-16)29-2)13-24-18(12-22)21(19(24)25,23-20(26)27)11-14-6-4-3-5-7-14/h3-10,18,23H,11,13H2,1-2H3,(H,26,27)/t18-,21+/m1/s1. The summed E-state index contributed by atoms with van der Waals surface area (Å²) in [4.78, 5) is 25.9. The van der Waals surface area contributed by atoms with E-state index in [4.69, 9.17) is 9.47 Å². The molecule has 8 heteroatoms. The summed E-state index contributed by atoms with van der Waals surface area (Å²) in [6.45, 7) is 0.113. The number of hydrogen-bond acceptors (Lipinski definition) is 5. The molecule has 1 aliphatic rings. The third kappa shape index (κ3) is 3.67. The number of amides is 2. The van der Waals surface area contributed by atoms with E-state index < -0.39 is 23.6 Å². The van der Waals surface area contributed by atoms with Crippen LogP contribution in [0.1, 0.15) is 11.1 Å². The molecule has 2 aromatic rings. The highest BCUT2D eigenvalue weighted by Gasteiger charge is 2.62. The van der Waals surface area contributed by atoms with Crippen molar-refractivity contribution >= 4 is 12.0 Å². The second-order valence-electron chi connectivity index (χ2n) is 6.71. The number of benzene rings is 2. The topological polar surface area (TPSA) is 112 Å². The Morgan fingerprint density at radius 1 is 1.24 bits per heavy atom. The van der Waals surface area contributed by atoms with Gasteiger partial charge in [0, 0.05) is 18.1 Å². The average molecular weight is 395 g/mol. The first-order valence-corrected chi connectivity index (χ1v) is 8.91. The lowest BCUT2D eigenvalue weighted by Gasteiger charge is -2.52. The van der Waals surface area contributed by atoms with Gasteiger partial charge >= 0.3 is 6.09 Å². The van der Waals surface area contributed by atoms with Gasteiger partial charge in [-0.05, 0) is 17.7 Å². The minimum absolute atomic E-state index is 0.0907. The van der Waals surface area contributed by atoms with Crippen molar-refractivity contribution in [2.24, 2.45) is 0 Å². The van der Waals surface area contributed by atoms with Gasteiger partial charge in [0.15, 0.2) is 11.6 Å². The molecule has 29 heavy (non-hydrogen) atoms. The number of carboxylic acid groups (broad SMARTS) is 1. The van der Waals surface area contributed by atoms with E-state index in [1.165, 1.54) is 19.1 Å². The van der Waals surface area contributed by atoms with Gasteiger partial charge in [0.1, 0.15) is 11.5 Å². The van der Waals surface area contributed by atoms with Gasteiger partial charge in [0.25, 0.3) is 5.91 Å². The van der Waals surface area contributed by atoms with E-state index >= 15 is 0 Å². The molecule has 2 N–H and O–H groups in total. The zero-order valence-electron chi connectivity index (χ0n) is 16.1. The van der Waals surface area contributed by atoms with E-state index in [2.05, 4.69) is 11.4 Å². The molecule has 150 valence electrons. The number of methoxy groups -OCH3 is 2. The van der Waals surface area contributed by atoms with E-state index in [9.17, 15) is 20.0 Å². The number of carbonyl (C=O) groups is 2. The van der Waals surface area contributed by atoms with Crippen LogP contribution in [0.5, 0.6) is 11.5 Å². The summed E-state index contributed by atoms with van der Waals surface area (Å²) in [7, 11) is 3.04. The van der Waals surface area contributed by atoms with Crippen LogP contribution in [0.3, 0.4) is 0 Å². The molecule has 8 nitrogen and oxygen atoms in total. The lowest BCUT2D eigenvalue weighted by molar-refractivity contribution is -0.159. The molecule has 2 aromatic carbocycles. The molecule has 3 rings (SSSR count). The Hall–Kier alpha value is -3.73. The van der Waals surface area contributed by atoms with Crippen molar-refractivity contribution < 1.29 is 24.2 Å². The molecule has 1 heterocycles. The molecular formula is C21H21N3O5. The van der Waals surface area contributed by atoms with Crippen LogP contribution < -0.4 is 14.8 Å². The maximum absolute atomic E-state index is 13.1. The van der Waals surface area contributed by atoms with Crippen molar-refractivity contribution in [2.75, 3.05) is 14.2 Å². The van der Waals surface area contributed by atoms with E-state index in [1.54, 1.807) is 42.5 Å². The van der Waals surface area contributed by atoms with Gasteiger partial charge in [-0.15, -0.1) is 0 Å². The summed E-state index contributed by atoms with van der Waals surface area (Å²) in [6, 6.07) is 15.3. The van der Waals surface area contributed by atoms with Crippen molar-refractivity contribution in [3.8, 4) is 17.6 Å². The third-order valence-corrected chi connectivity index (χ3v) is 5.03. The van der Waals surface area contributed by atoms with Gasteiger partial charge in [-0.2, -0.15) is 5.26 Å². The molecule has 0 aliphatic carbocycles. The summed E-state index contributed by atoms with van der Waals surface area (Å²) in [5.74, 6) is 0.664. The maximum atomic E-state index is 13.1. The van der Waals surface area contributed by atoms with Gasteiger partial charge in [-0.3, -0.25) is 4.79 Å². The number of likely N-dealkylation sites (tertiary alicyclic amines) is 1. The molecular weight excluding hydrogens is 374 g/mol. The highest BCUT2D eigenvalue weighted by molar-refractivity contribution is 5.98. The Bertz CT molecular complexity index is 957. The molecule has 0 unspecified atom stereocenters. The summed E-state index contributed by atoms with van der Waals surface area (Å²) < 4.78 is 10.5. The minimum Gasteiger partial charge on any atom is -0.497 e. The molecule has 1 saturated heterocycles. The van der Waals surface area contributed by atoms with Crippen LogP contribution in [0.2, 0.25) is 0 Å². The third-order valence-electron chi connectivity index (χ3n) is 5.03. The Labute approximate surface area is 168 Å². The van der Waals surface area contributed by atoms with E-state index in [1.807, 2.05) is 6.07 Å². The van der Waals surface area contributed by atoms with Crippen molar-refractivity contribution in [2.45, 2.75) is 24.5 Å². The Balaban J connectivity index is 1.90. The summed E-state index contributed by atoms with van der Waals surface area (Å²) >= 11 is 0. The van der Waals surface area contributed by atoms with Crippen LogP contribution in [0, 0.1) is 11.3 Å². The average Bonchev–Trinajstić information content (AvgIpc) is 2.73. The van der Waals surface area contributed by atoms with Crippen molar-refractivity contribution in [3.05, 3.63) is 59.7 Å². The number of rotatable bonds is 7. The minimum atomic E-state index is -1.53. The van der Waals surface area contributed by atoms with E-state index in [-0.39, 0.29) is 13.0 Å². The largest absolute Gasteiger partial charge is 0.497 e. The molecule has 0 saturated carbocycles. The SMILES string of the molecule is COc1ccc(CN2C(=O)[C@@](Cc3ccccc3)(NC(=O)O)[C@H]2C#N)c(OC)c1. The zero-order chi connectivity index (χ0) is 21.0. The zero-order valence-corrected chi connectivity index (χ0v) is 16.1. The quantitative estimate of drug-likeness (QED) is 0.695. The predicted molar refractivity (Wildman–Crippen MR) is 104 cm³/mol. The number of nitrogens with one attached hydrogen (secondary N) is 1. The number of nitrogens with zero attached hydrogens (tertiary/aromatic N) is 2. The van der Waals surface area contributed by atoms with Crippen LogP contribution in [0.4, 0.5) is 4.79 Å². The van der Waals surface area contributed by atoms with Crippen molar-refractivity contribution in [3.63, 3.8) is 0 Å². The summed E-state index contributed by atoms with van der Waals surface area (Å²) in [5, 5.41) is 21.4. The molecule has 0 bridgehead atoms. The summed E-state index contributed by atoms with van der Waals surface area (Å²) in [6.07, 6.45) is -1.26. The molecule has 2 amide bonds. The first kappa shape index (κ1) is 20.0. The fraction of sp³-hybridized carbons (Fsp3) is 0.286. The van der Waals surface area contributed by atoms with Gasteiger partial charge in [-0.1, -0.05) is 30.3 Å². The van der Waals surface area contributed by atoms with Crippen LogP contribution in [-0.2, 0) is 17.8 Å². The smallest absolute Gasteiger partial charge is 0.405 e. The van der Waals surface area contributed by atoms with Crippen molar-refractivity contribution in [1.82, 2.24) is 10.2 Å². The highest BCUT2D eigenvalue weighted by atomic mass is 16.5. The monoisotopic (exact) mass is 395 g/mol. The number of β-lactam (4-membered cyclic amide) rings is 1. The first-order chi connectivity index (χ1) is 13.9. The second-order valence-corrected chi connectivity index (χ2v) is 6.71. The molecule has 1 fully saturated rings. The Kier molecular flexibility index (Phi) is 5.59. The molecule has 0 spiro atoms. The normalized spacial score (nSPS) is 20.4. The lowest BCUT2D eigenvalue weighted by Crippen LogP contribution is -2.80. The Morgan fingerprint density at radius 2 is 1.97 bits per heavy atom. The van der Waals surface area contributed by atoms with Crippen molar-refractivity contribution in [1.29, 1.82) is 5.26 Å². The molecule has 1 aliphatic heterocycles. The Morgan fingerprint density at radius 3 is 2.55 bits per heavy atom. The van der Waals surface area contributed by atoms with Crippen LogP contribution in [-0.4, -0.2) is 47.8 Å². The van der Waals surface area contributed by atoms with Gasteiger partial charge in [0.05, 0.1) is 26.8 Å². The summed E-state index contributed by atoms with van der Waals surface area (Å²) in [5.41, 5.74) is -0.0798. The van der Waals surface area contributed by atoms with Crippen LogP contribution in [0.25, 0.3) is 0 Å². The van der Waals surface area contributed by atoms with E-state index in [0.717, 1.165) is 5.56 Å². The molecule has 0 radical (unpaired) electrons. The number of carbonyl (C=O) groups excluding carboxylic acids is 1. The maximum Gasteiger partial charge on any atom is 0.405 e.